The number of rotatable bonds is 10. The molecule has 0 aliphatic heterocycles. The molecule has 0 saturated heterocycles. The number of carboxylic acids is 1. The zero-order chi connectivity index (χ0) is 20.4. The molecule has 3 atom stereocenters. The van der Waals surface area contributed by atoms with Gasteiger partial charge < -0.3 is 20.5 Å². The van der Waals surface area contributed by atoms with Crippen molar-refractivity contribution < 1.29 is 29.0 Å². The van der Waals surface area contributed by atoms with Crippen LogP contribution in [0.3, 0.4) is 0 Å². The highest BCUT2D eigenvalue weighted by atomic mass is 16.5. The van der Waals surface area contributed by atoms with Crippen LogP contribution in [-0.2, 0) is 30.3 Å². The van der Waals surface area contributed by atoms with Gasteiger partial charge in [0.1, 0.15) is 12.1 Å². The second-order valence-corrected chi connectivity index (χ2v) is 6.25. The van der Waals surface area contributed by atoms with Crippen LogP contribution in [0.25, 0.3) is 0 Å². The molecule has 0 saturated carbocycles. The summed E-state index contributed by atoms with van der Waals surface area (Å²) in [6, 6.07) is 6.84. The molecular formula is C19H26N2O6. The minimum absolute atomic E-state index is 0.144. The standard InChI is InChI=1S/C19H26N2O6/c1-4-27-16(23)10-12(2)17(19(25)26)21-18(24)15(20-13(3)22)11-14-8-6-5-7-9-14/h5-9,12,15,17H,4,10-11H2,1-3H3,(H,20,22)(H,21,24)(H,25,26)/t12-,15+,17+/m1/s1. The van der Waals surface area contributed by atoms with E-state index in [4.69, 9.17) is 4.74 Å². The third-order valence-electron chi connectivity index (χ3n) is 3.90. The van der Waals surface area contributed by atoms with Gasteiger partial charge in [0.05, 0.1) is 13.0 Å². The summed E-state index contributed by atoms with van der Waals surface area (Å²) in [5.74, 6) is -3.51. The fourth-order valence-electron chi connectivity index (χ4n) is 2.61. The van der Waals surface area contributed by atoms with Crippen LogP contribution >= 0.6 is 0 Å². The first-order valence-electron chi connectivity index (χ1n) is 8.74. The fraction of sp³-hybridized carbons (Fsp3) is 0.474. The van der Waals surface area contributed by atoms with E-state index in [2.05, 4.69) is 10.6 Å². The molecule has 3 N–H and O–H groups in total. The van der Waals surface area contributed by atoms with Crippen LogP contribution in [0.5, 0.6) is 0 Å². The van der Waals surface area contributed by atoms with Crippen molar-refractivity contribution in [2.75, 3.05) is 6.61 Å². The summed E-state index contributed by atoms with van der Waals surface area (Å²) in [5, 5.41) is 14.4. The molecule has 0 unspecified atom stereocenters. The summed E-state index contributed by atoms with van der Waals surface area (Å²) in [7, 11) is 0. The monoisotopic (exact) mass is 378 g/mol. The first kappa shape index (κ1) is 22.1. The highest BCUT2D eigenvalue weighted by Crippen LogP contribution is 2.11. The molecule has 27 heavy (non-hydrogen) atoms. The maximum absolute atomic E-state index is 12.6. The number of carbonyl (C=O) groups is 4. The Morgan fingerprint density at radius 3 is 2.26 bits per heavy atom. The Balaban J connectivity index is 2.86. The van der Waals surface area contributed by atoms with E-state index in [1.807, 2.05) is 6.07 Å². The van der Waals surface area contributed by atoms with Crippen molar-refractivity contribution in [3.05, 3.63) is 35.9 Å². The highest BCUT2D eigenvalue weighted by molar-refractivity contribution is 5.90. The average molecular weight is 378 g/mol. The van der Waals surface area contributed by atoms with Gasteiger partial charge in [0.15, 0.2) is 0 Å². The van der Waals surface area contributed by atoms with E-state index >= 15 is 0 Å². The van der Waals surface area contributed by atoms with Crippen LogP contribution in [0.15, 0.2) is 30.3 Å². The number of carboxylic acid groups (broad SMARTS) is 1. The van der Waals surface area contributed by atoms with Gasteiger partial charge in [0.25, 0.3) is 0 Å². The maximum atomic E-state index is 12.6. The summed E-state index contributed by atoms with van der Waals surface area (Å²) in [4.78, 5) is 47.2. The number of nitrogens with one attached hydrogen (secondary N) is 2. The Hall–Kier alpha value is -2.90. The second-order valence-electron chi connectivity index (χ2n) is 6.25. The number of carbonyl (C=O) groups excluding carboxylic acids is 3. The predicted octanol–water partition coefficient (Wildman–Crippen LogP) is 0.893. The second kappa shape index (κ2) is 10.9. The van der Waals surface area contributed by atoms with Crippen molar-refractivity contribution in [1.82, 2.24) is 10.6 Å². The summed E-state index contributed by atoms with van der Waals surface area (Å²) in [6.07, 6.45) is 0.0689. The van der Waals surface area contributed by atoms with Gasteiger partial charge in [-0.1, -0.05) is 37.3 Å². The summed E-state index contributed by atoms with van der Waals surface area (Å²) < 4.78 is 4.82. The van der Waals surface area contributed by atoms with E-state index in [9.17, 15) is 24.3 Å². The summed E-state index contributed by atoms with van der Waals surface area (Å²) in [5.41, 5.74) is 0.817. The molecule has 0 spiro atoms. The van der Waals surface area contributed by atoms with Crippen LogP contribution in [0.4, 0.5) is 0 Å². The van der Waals surface area contributed by atoms with Gasteiger partial charge in [0.2, 0.25) is 11.8 Å². The largest absolute Gasteiger partial charge is 0.480 e. The number of benzene rings is 1. The zero-order valence-electron chi connectivity index (χ0n) is 15.7. The topological polar surface area (TPSA) is 122 Å². The van der Waals surface area contributed by atoms with E-state index in [1.54, 1.807) is 38.1 Å². The number of ether oxygens (including phenoxy) is 1. The molecule has 8 nitrogen and oxygen atoms in total. The van der Waals surface area contributed by atoms with Gasteiger partial charge in [-0.15, -0.1) is 0 Å². The van der Waals surface area contributed by atoms with E-state index in [-0.39, 0.29) is 19.4 Å². The van der Waals surface area contributed by atoms with Gasteiger partial charge in [0, 0.05) is 13.3 Å². The molecule has 1 aromatic carbocycles. The fourth-order valence-corrected chi connectivity index (χ4v) is 2.61. The van der Waals surface area contributed by atoms with Crippen LogP contribution in [-0.4, -0.2) is 47.6 Å². The third kappa shape index (κ3) is 7.89. The third-order valence-corrected chi connectivity index (χ3v) is 3.90. The molecule has 0 bridgehead atoms. The zero-order valence-corrected chi connectivity index (χ0v) is 15.7. The van der Waals surface area contributed by atoms with E-state index in [1.165, 1.54) is 6.92 Å². The lowest BCUT2D eigenvalue weighted by Gasteiger charge is -2.24. The molecule has 0 aromatic heterocycles. The lowest BCUT2D eigenvalue weighted by molar-refractivity contribution is -0.147. The van der Waals surface area contributed by atoms with Gasteiger partial charge in [-0.05, 0) is 18.4 Å². The average Bonchev–Trinajstić information content (AvgIpc) is 2.59. The lowest BCUT2D eigenvalue weighted by Crippen LogP contribution is -2.54. The van der Waals surface area contributed by atoms with Crippen LogP contribution in [0.1, 0.15) is 32.8 Å². The van der Waals surface area contributed by atoms with E-state index in [0.717, 1.165) is 5.56 Å². The maximum Gasteiger partial charge on any atom is 0.326 e. The molecule has 1 aromatic rings. The van der Waals surface area contributed by atoms with Gasteiger partial charge in [-0.2, -0.15) is 0 Å². The number of esters is 1. The predicted molar refractivity (Wildman–Crippen MR) is 97.7 cm³/mol. The Kier molecular flexibility index (Phi) is 8.98. The Labute approximate surface area is 158 Å². The van der Waals surface area contributed by atoms with Crippen molar-refractivity contribution in [3.8, 4) is 0 Å². The Bertz CT molecular complexity index is 661. The van der Waals surface area contributed by atoms with Crippen molar-refractivity contribution in [1.29, 1.82) is 0 Å². The lowest BCUT2D eigenvalue weighted by atomic mass is 9.97. The normalized spacial score (nSPS) is 13.7. The SMILES string of the molecule is CCOC(=O)C[C@@H](C)[C@H](NC(=O)[C@H](Cc1ccccc1)NC(C)=O)C(=O)O. The van der Waals surface area contributed by atoms with Crippen molar-refractivity contribution in [3.63, 3.8) is 0 Å². The van der Waals surface area contributed by atoms with Crippen LogP contribution in [0, 0.1) is 5.92 Å². The van der Waals surface area contributed by atoms with E-state index in [0.29, 0.717) is 0 Å². The smallest absolute Gasteiger partial charge is 0.326 e. The molecule has 0 aliphatic carbocycles. The van der Waals surface area contributed by atoms with Crippen molar-refractivity contribution in [2.24, 2.45) is 5.92 Å². The molecule has 0 fully saturated rings. The van der Waals surface area contributed by atoms with Crippen LogP contribution < -0.4 is 10.6 Å². The number of hydrogen-bond acceptors (Lipinski definition) is 5. The van der Waals surface area contributed by atoms with Gasteiger partial charge in [-0.3, -0.25) is 14.4 Å². The molecule has 2 amide bonds. The molecule has 0 heterocycles. The van der Waals surface area contributed by atoms with Gasteiger partial charge in [-0.25, -0.2) is 4.79 Å². The molecule has 1 rings (SSSR count). The first-order valence-corrected chi connectivity index (χ1v) is 8.74. The summed E-state index contributed by atoms with van der Waals surface area (Å²) in [6.45, 7) is 4.67. The number of hydrogen-bond donors (Lipinski definition) is 3. The molecule has 0 radical (unpaired) electrons. The first-order chi connectivity index (χ1) is 12.7. The minimum atomic E-state index is -1.28. The molecule has 148 valence electrons. The van der Waals surface area contributed by atoms with Crippen molar-refractivity contribution in [2.45, 2.75) is 45.7 Å². The van der Waals surface area contributed by atoms with Crippen LogP contribution in [0.2, 0.25) is 0 Å². The Morgan fingerprint density at radius 1 is 1.11 bits per heavy atom. The van der Waals surface area contributed by atoms with Gasteiger partial charge >= 0.3 is 11.9 Å². The summed E-state index contributed by atoms with van der Waals surface area (Å²) >= 11 is 0. The van der Waals surface area contributed by atoms with E-state index < -0.39 is 41.8 Å². The van der Waals surface area contributed by atoms with Crippen molar-refractivity contribution >= 4 is 23.8 Å². The number of aliphatic carboxylic acids is 1. The quantitative estimate of drug-likeness (QED) is 0.520. The number of amides is 2. The molecule has 0 aliphatic rings. The Morgan fingerprint density at radius 2 is 1.74 bits per heavy atom. The highest BCUT2D eigenvalue weighted by Gasteiger charge is 2.31. The molecule has 8 heteroatoms. The molecular weight excluding hydrogens is 352 g/mol. The minimum Gasteiger partial charge on any atom is -0.480 e.